The Labute approximate surface area is 90.3 Å². The molecule has 0 radical (unpaired) electrons. The molecule has 0 amide bonds. The summed E-state index contributed by atoms with van der Waals surface area (Å²) in [7, 11) is 1.59. The minimum atomic E-state index is 0.602. The largest absolute Gasteiger partial charge is 0.494 e. The maximum Gasteiger partial charge on any atom is 0.151 e. The van der Waals surface area contributed by atoms with Gasteiger partial charge in [0.2, 0.25) is 0 Å². The average Bonchev–Trinajstić information content (AvgIpc) is 2.20. The molecule has 0 aromatic heterocycles. The normalized spacial score (nSPS) is 10.6. The lowest BCUT2D eigenvalue weighted by atomic mass is 10.0. The van der Waals surface area contributed by atoms with Crippen molar-refractivity contribution in [2.45, 2.75) is 13.8 Å². The van der Waals surface area contributed by atoms with E-state index in [9.17, 15) is 0 Å². The van der Waals surface area contributed by atoms with Crippen LogP contribution in [0.3, 0.4) is 0 Å². The summed E-state index contributed by atoms with van der Waals surface area (Å²) in [6.45, 7) is 7.68. The first kappa shape index (κ1) is 11.3. The van der Waals surface area contributed by atoms with Gasteiger partial charge in [0.15, 0.2) is 5.75 Å². The highest BCUT2D eigenvalue weighted by Gasteiger charge is 2.12. The molecule has 0 unspecified atom stereocenters. The van der Waals surface area contributed by atoms with Gasteiger partial charge in [0, 0.05) is 11.8 Å². The number of allylic oxidation sites excluding steroid dienone is 1. The van der Waals surface area contributed by atoms with E-state index in [1.807, 2.05) is 19.9 Å². The predicted octanol–water partition coefficient (Wildman–Crippen LogP) is 3.03. The molecular formula is C12H16N2O. The van der Waals surface area contributed by atoms with Crippen molar-refractivity contribution >= 4 is 23.2 Å². The molecule has 0 saturated heterocycles. The number of rotatable bonds is 3. The molecule has 1 rings (SSSR count). The summed E-state index contributed by atoms with van der Waals surface area (Å²) < 4.78 is 5.26. The van der Waals surface area contributed by atoms with E-state index in [1.165, 1.54) is 0 Å². The van der Waals surface area contributed by atoms with Crippen molar-refractivity contribution in [3.05, 3.63) is 24.3 Å². The number of ether oxygens (including phenoxy) is 1. The number of anilines is 1. The Morgan fingerprint density at radius 3 is 2.67 bits per heavy atom. The summed E-state index contributed by atoms with van der Waals surface area (Å²) in [6.07, 6.45) is 1.73. The fourth-order valence-electron chi connectivity index (χ4n) is 1.47. The zero-order valence-corrected chi connectivity index (χ0v) is 9.37. The van der Waals surface area contributed by atoms with Gasteiger partial charge in [-0.2, -0.15) is 0 Å². The number of methoxy groups -OCH3 is 1. The van der Waals surface area contributed by atoms with Crippen molar-refractivity contribution in [3.63, 3.8) is 0 Å². The highest BCUT2D eigenvalue weighted by atomic mass is 16.5. The van der Waals surface area contributed by atoms with E-state index >= 15 is 0 Å². The molecule has 0 saturated carbocycles. The molecule has 0 aliphatic carbocycles. The molecule has 3 nitrogen and oxygen atoms in total. The molecule has 0 aliphatic rings. The zero-order valence-electron chi connectivity index (χ0n) is 9.37. The lowest BCUT2D eigenvalue weighted by molar-refractivity contribution is 0.416. The van der Waals surface area contributed by atoms with Gasteiger partial charge >= 0.3 is 0 Å². The van der Waals surface area contributed by atoms with Crippen molar-refractivity contribution in [3.8, 4) is 5.75 Å². The van der Waals surface area contributed by atoms with Crippen molar-refractivity contribution in [1.29, 1.82) is 0 Å². The molecular weight excluding hydrogens is 188 g/mol. The number of hydrogen-bond acceptors (Lipinski definition) is 3. The number of benzene rings is 1. The molecule has 1 aromatic rings. The second-order valence-electron chi connectivity index (χ2n) is 3.25. The monoisotopic (exact) mass is 204 g/mol. The van der Waals surface area contributed by atoms with E-state index in [0.717, 1.165) is 16.8 Å². The smallest absolute Gasteiger partial charge is 0.151 e. The number of nitrogens with two attached hydrogens (primary N) is 1. The number of aliphatic imine (C=N–C) groups is 1. The van der Waals surface area contributed by atoms with Crippen LogP contribution in [0.15, 0.2) is 23.7 Å². The van der Waals surface area contributed by atoms with Crippen LogP contribution in [0.5, 0.6) is 5.75 Å². The molecule has 15 heavy (non-hydrogen) atoms. The van der Waals surface area contributed by atoms with Crippen LogP contribution in [0.25, 0.3) is 5.57 Å². The van der Waals surface area contributed by atoms with Gasteiger partial charge < -0.3 is 10.5 Å². The van der Waals surface area contributed by atoms with E-state index in [1.54, 1.807) is 19.4 Å². The van der Waals surface area contributed by atoms with Crippen molar-refractivity contribution < 1.29 is 4.74 Å². The van der Waals surface area contributed by atoms with Gasteiger partial charge in [-0.3, -0.25) is 4.99 Å². The zero-order chi connectivity index (χ0) is 11.4. The highest BCUT2D eigenvalue weighted by molar-refractivity contribution is 5.83. The minimum Gasteiger partial charge on any atom is -0.494 e. The Kier molecular flexibility index (Phi) is 3.50. The Hall–Kier alpha value is -1.77. The number of hydrogen-bond donors (Lipinski definition) is 1. The first-order valence-corrected chi connectivity index (χ1v) is 4.72. The quantitative estimate of drug-likeness (QED) is 0.607. The molecule has 0 fully saturated rings. The van der Waals surface area contributed by atoms with Crippen LogP contribution in [0.1, 0.15) is 19.4 Å². The first-order valence-electron chi connectivity index (χ1n) is 4.72. The van der Waals surface area contributed by atoms with Crippen LogP contribution in [-0.4, -0.2) is 13.3 Å². The van der Waals surface area contributed by atoms with Gasteiger partial charge in [-0.05, 0) is 31.6 Å². The van der Waals surface area contributed by atoms with Crippen LogP contribution < -0.4 is 10.5 Å². The summed E-state index contributed by atoms with van der Waals surface area (Å²) >= 11 is 0. The summed E-state index contributed by atoms with van der Waals surface area (Å²) in [6, 6.07) is 3.65. The molecule has 0 aliphatic heterocycles. The van der Waals surface area contributed by atoms with Gasteiger partial charge in [-0.25, -0.2) is 0 Å². The summed E-state index contributed by atoms with van der Waals surface area (Å²) in [5.41, 5.74) is 9.01. The SMILES string of the molecule is C=C(C)c1c(N=CC)ccc(N)c1OC. The highest BCUT2D eigenvalue weighted by Crippen LogP contribution is 2.38. The minimum absolute atomic E-state index is 0.602. The van der Waals surface area contributed by atoms with Crippen LogP contribution in [0.2, 0.25) is 0 Å². The van der Waals surface area contributed by atoms with Crippen LogP contribution >= 0.6 is 0 Å². The second kappa shape index (κ2) is 4.64. The van der Waals surface area contributed by atoms with Crippen molar-refractivity contribution in [1.82, 2.24) is 0 Å². The molecule has 2 N–H and O–H groups in total. The van der Waals surface area contributed by atoms with E-state index in [-0.39, 0.29) is 0 Å². The van der Waals surface area contributed by atoms with Gasteiger partial charge in [0.25, 0.3) is 0 Å². The third kappa shape index (κ3) is 2.18. The Morgan fingerprint density at radius 2 is 2.20 bits per heavy atom. The van der Waals surface area contributed by atoms with Gasteiger partial charge in [0.1, 0.15) is 0 Å². The van der Waals surface area contributed by atoms with Gasteiger partial charge in [-0.1, -0.05) is 6.58 Å². The van der Waals surface area contributed by atoms with E-state index in [2.05, 4.69) is 11.6 Å². The summed E-state index contributed by atoms with van der Waals surface area (Å²) in [5.74, 6) is 0.644. The molecule has 0 spiro atoms. The fraction of sp³-hybridized carbons (Fsp3) is 0.250. The first-order chi connectivity index (χ1) is 7.11. The lowest BCUT2D eigenvalue weighted by Gasteiger charge is -2.13. The average molecular weight is 204 g/mol. The number of nitrogen functional groups attached to an aromatic ring is 1. The molecule has 3 heteroatoms. The third-order valence-electron chi connectivity index (χ3n) is 2.07. The number of nitrogens with zero attached hydrogens (tertiary/aromatic N) is 1. The predicted molar refractivity (Wildman–Crippen MR) is 65.9 cm³/mol. The fourth-order valence-corrected chi connectivity index (χ4v) is 1.47. The van der Waals surface area contributed by atoms with Crippen LogP contribution in [0.4, 0.5) is 11.4 Å². The Bertz CT molecular complexity index is 408. The Balaban J connectivity index is 3.48. The molecule has 80 valence electrons. The third-order valence-corrected chi connectivity index (χ3v) is 2.07. The van der Waals surface area contributed by atoms with E-state index in [0.29, 0.717) is 11.4 Å². The van der Waals surface area contributed by atoms with E-state index < -0.39 is 0 Å². The van der Waals surface area contributed by atoms with Crippen LogP contribution in [0, 0.1) is 0 Å². The molecule has 1 aromatic carbocycles. The molecule has 0 heterocycles. The molecule has 0 atom stereocenters. The standard InChI is InChI=1S/C12H16N2O/c1-5-14-10-7-6-9(13)12(15-4)11(10)8(2)3/h5-7H,2,13H2,1,3-4H3. The lowest BCUT2D eigenvalue weighted by Crippen LogP contribution is -1.96. The second-order valence-corrected chi connectivity index (χ2v) is 3.25. The topological polar surface area (TPSA) is 47.6 Å². The summed E-state index contributed by atoms with van der Waals surface area (Å²) in [4.78, 5) is 4.26. The van der Waals surface area contributed by atoms with Gasteiger partial charge in [0.05, 0.1) is 18.5 Å². The van der Waals surface area contributed by atoms with Crippen molar-refractivity contribution in [2.24, 2.45) is 4.99 Å². The van der Waals surface area contributed by atoms with Crippen molar-refractivity contribution in [2.75, 3.05) is 12.8 Å². The maximum absolute atomic E-state index is 5.82. The maximum atomic E-state index is 5.82. The van der Waals surface area contributed by atoms with Gasteiger partial charge in [-0.15, -0.1) is 0 Å². The Morgan fingerprint density at radius 1 is 1.53 bits per heavy atom. The van der Waals surface area contributed by atoms with Crippen LogP contribution in [-0.2, 0) is 0 Å². The summed E-state index contributed by atoms with van der Waals surface area (Å²) in [5, 5.41) is 0. The molecule has 0 bridgehead atoms. The van der Waals surface area contributed by atoms with E-state index in [4.69, 9.17) is 10.5 Å².